The van der Waals surface area contributed by atoms with Crippen molar-refractivity contribution in [2.75, 3.05) is 13.7 Å². The molecule has 0 fully saturated rings. The van der Waals surface area contributed by atoms with Crippen molar-refractivity contribution in [1.82, 2.24) is 0 Å². The average Bonchev–Trinajstić information content (AvgIpc) is 2.43. The number of rotatable bonds is 6. The molecule has 5 nitrogen and oxygen atoms in total. The molecule has 0 unspecified atom stereocenters. The first-order chi connectivity index (χ1) is 9.76. The molecule has 21 heavy (non-hydrogen) atoms. The third kappa shape index (κ3) is 5.11. The van der Waals surface area contributed by atoms with Crippen LogP contribution in [0.2, 0.25) is 5.02 Å². The van der Waals surface area contributed by atoms with E-state index in [1.165, 1.54) is 13.2 Å². The summed E-state index contributed by atoms with van der Waals surface area (Å²) < 4.78 is 10.2. The van der Waals surface area contributed by atoms with Crippen LogP contribution in [0.5, 0.6) is 5.75 Å². The summed E-state index contributed by atoms with van der Waals surface area (Å²) in [4.78, 5) is 22.0. The van der Waals surface area contributed by atoms with Crippen molar-refractivity contribution in [2.45, 2.75) is 13.8 Å². The molecule has 0 aliphatic heterocycles. The van der Waals surface area contributed by atoms with Gasteiger partial charge in [-0.05, 0) is 37.6 Å². The first-order valence-electron chi connectivity index (χ1n) is 6.18. The lowest BCUT2D eigenvalue weighted by molar-refractivity contribution is -0.152. The van der Waals surface area contributed by atoms with E-state index in [9.17, 15) is 9.59 Å². The lowest BCUT2D eigenvalue weighted by Crippen LogP contribution is -2.32. The van der Waals surface area contributed by atoms with Gasteiger partial charge in [-0.2, -0.15) is 0 Å². The number of benzene rings is 1. The van der Waals surface area contributed by atoms with Gasteiger partial charge in [0, 0.05) is 6.08 Å². The van der Waals surface area contributed by atoms with Gasteiger partial charge >= 0.3 is 11.9 Å². The predicted octanol–water partition coefficient (Wildman–Crippen LogP) is 3.02. The van der Waals surface area contributed by atoms with E-state index < -0.39 is 11.4 Å². The molecule has 0 spiro atoms. The SMILES string of the molecule is COC(=O)C(C)(C)COc1ccc(C=CC(=O)O)cc1Cl. The molecule has 0 saturated heterocycles. The van der Waals surface area contributed by atoms with Crippen molar-refractivity contribution in [3.63, 3.8) is 0 Å². The molecule has 0 aliphatic rings. The van der Waals surface area contributed by atoms with Crippen LogP contribution in [0.15, 0.2) is 24.3 Å². The Morgan fingerprint density at radius 1 is 1.38 bits per heavy atom. The van der Waals surface area contributed by atoms with E-state index in [1.807, 2.05) is 0 Å². The highest BCUT2D eigenvalue weighted by molar-refractivity contribution is 6.32. The van der Waals surface area contributed by atoms with E-state index in [0.717, 1.165) is 6.08 Å². The Hall–Kier alpha value is -2.01. The first kappa shape index (κ1) is 17.0. The second-order valence-corrected chi connectivity index (χ2v) is 5.43. The lowest BCUT2D eigenvalue weighted by Gasteiger charge is -2.22. The minimum absolute atomic E-state index is 0.115. The number of hydrogen-bond acceptors (Lipinski definition) is 4. The molecular weight excluding hydrogens is 296 g/mol. The van der Waals surface area contributed by atoms with Crippen LogP contribution < -0.4 is 4.74 Å². The zero-order valence-electron chi connectivity index (χ0n) is 12.1. The summed E-state index contributed by atoms with van der Waals surface area (Å²) in [5.41, 5.74) is -0.151. The average molecular weight is 313 g/mol. The Morgan fingerprint density at radius 2 is 2.05 bits per heavy atom. The van der Waals surface area contributed by atoms with Crippen LogP contribution >= 0.6 is 11.6 Å². The summed E-state index contributed by atoms with van der Waals surface area (Å²) >= 11 is 6.06. The van der Waals surface area contributed by atoms with E-state index in [1.54, 1.807) is 32.0 Å². The summed E-state index contributed by atoms with van der Waals surface area (Å²) in [6, 6.07) is 4.88. The number of carbonyl (C=O) groups excluding carboxylic acids is 1. The summed E-state index contributed by atoms with van der Waals surface area (Å²) in [5, 5.41) is 8.90. The number of carbonyl (C=O) groups is 2. The minimum Gasteiger partial charge on any atom is -0.491 e. The minimum atomic E-state index is -1.04. The van der Waals surface area contributed by atoms with Gasteiger partial charge in [0.2, 0.25) is 0 Å². The van der Waals surface area contributed by atoms with Crippen molar-refractivity contribution >= 4 is 29.6 Å². The molecule has 0 radical (unpaired) electrons. The van der Waals surface area contributed by atoms with Crippen LogP contribution in [0.3, 0.4) is 0 Å². The standard InChI is InChI=1S/C15H17ClO5/c1-15(2,14(19)20-3)9-21-12-6-4-10(8-11(12)16)5-7-13(17)18/h4-8H,9H2,1-3H3,(H,17,18). The van der Waals surface area contributed by atoms with Gasteiger partial charge in [-0.1, -0.05) is 17.7 Å². The van der Waals surface area contributed by atoms with Gasteiger partial charge in [0.1, 0.15) is 12.4 Å². The van der Waals surface area contributed by atoms with Crippen LogP contribution in [0.4, 0.5) is 0 Å². The van der Waals surface area contributed by atoms with E-state index in [0.29, 0.717) is 16.3 Å². The number of halogens is 1. The smallest absolute Gasteiger partial charge is 0.328 e. The first-order valence-corrected chi connectivity index (χ1v) is 6.56. The number of carboxylic acid groups (broad SMARTS) is 1. The number of hydrogen-bond donors (Lipinski definition) is 1. The molecule has 0 amide bonds. The van der Waals surface area contributed by atoms with Crippen molar-refractivity contribution in [3.05, 3.63) is 34.9 Å². The summed E-state index contributed by atoms with van der Waals surface area (Å²) in [5.74, 6) is -0.993. The second-order valence-electron chi connectivity index (χ2n) is 5.03. The highest BCUT2D eigenvalue weighted by Gasteiger charge is 2.30. The maximum Gasteiger partial charge on any atom is 0.328 e. The Kier molecular flexibility index (Phi) is 5.79. The Labute approximate surface area is 128 Å². The summed E-state index contributed by atoms with van der Waals surface area (Å²) in [6.45, 7) is 3.52. The normalized spacial score (nSPS) is 11.4. The Morgan fingerprint density at radius 3 is 2.57 bits per heavy atom. The topological polar surface area (TPSA) is 72.8 Å². The maximum absolute atomic E-state index is 11.5. The van der Waals surface area contributed by atoms with E-state index in [4.69, 9.17) is 26.2 Å². The zero-order chi connectivity index (χ0) is 16.0. The van der Waals surface area contributed by atoms with Gasteiger partial charge in [-0.3, -0.25) is 4.79 Å². The number of carboxylic acids is 1. The zero-order valence-corrected chi connectivity index (χ0v) is 12.8. The van der Waals surface area contributed by atoms with Crippen LogP contribution in [-0.4, -0.2) is 30.8 Å². The quantitative estimate of drug-likeness (QED) is 0.645. The fourth-order valence-electron chi connectivity index (χ4n) is 1.50. The molecule has 0 aromatic heterocycles. The monoisotopic (exact) mass is 312 g/mol. The van der Waals surface area contributed by atoms with Crippen LogP contribution in [0.1, 0.15) is 19.4 Å². The molecule has 1 aromatic carbocycles. The molecule has 1 rings (SSSR count). The maximum atomic E-state index is 11.5. The fraction of sp³-hybridized carbons (Fsp3) is 0.333. The molecule has 0 saturated carbocycles. The molecule has 0 heterocycles. The van der Waals surface area contributed by atoms with Crippen molar-refractivity contribution in [3.8, 4) is 5.75 Å². The molecule has 0 atom stereocenters. The number of ether oxygens (including phenoxy) is 2. The third-order valence-electron chi connectivity index (χ3n) is 2.70. The van der Waals surface area contributed by atoms with Crippen LogP contribution in [0, 0.1) is 5.41 Å². The molecule has 6 heteroatoms. The van der Waals surface area contributed by atoms with Crippen molar-refractivity contribution < 1.29 is 24.2 Å². The van der Waals surface area contributed by atoms with Gasteiger partial charge in [-0.25, -0.2) is 4.79 Å². The van der Waals surface area contributed by atoms with E-state index in [2.05, 4.69) is 0 Å². The van der Waals surface area contributed by atoms with E-state index in [-0.39, 0.29) is 12.6 Å². The van der Waals surface area contributed by atoms with Gasteiger partial charge in [0.25, 0.3) is 0 Å². The molecule has 1 N–H and O–H groups in total. The molecular formula is C15H17ClO5. The highest BCUT2D eigenvalue weighted by Crippen LogP contribution is 2.28. The lowest BCUT2D eigenvalue weighted by atomic mass is 9.95. The predicted molar refractivity (Wildman–Crippen MR) is 79.4 cm³/mol. The summed E-state index contributed by atoms with van der Waals surface area (Å²) in [6.07, 6.45) is 2.45. The third-order valence-corrected chi connectivity index (χ3v) is 3.00. The number of aliphatic carboxylic acids is 1. The Balaban J connectivity index is 2.78. The van der Waals surface area contributed by atoms with Crippen molar-refractivity contribution in [1.29, 1.82) is 0 Å². The second kappa shape index (κ2) is 7.13. The number of esters is 1. The largest absolute Gasteiger partial charge is 0.491 e. The van der Waals surface area contributed by atoms with Gasteiger partial charge in [0.15, 0.2) is 0 Å². The van der Waals surface area contributed by atoms with Gasteiger partial charge < -0.3 is 14.6 Å². The van der Waals surface area contributed by atoms with Gasteiger partial charge in [-0.15, -0.1) is 0 Å². The van der Waals surface area contributed by atoms with Crippen LogP contribution in [0.25, 0.3) is 6.08 Å². The fourth-order valence-corrected chi connectivity index (χ4v) is 1.74. The Bertz CT molecular complexity index is 563. The van der Waals surface area contributed by atoms with E-state index >= 15 is 0 Å². The van der Waals surface area contributed by atoms with Gasteiger partial charge in [0.05, 0.1) is 17.5 Å². The molecule has 0 bridgehead atoms. The highest BCUT2D eigenvalue weighted by atomic mass is 35.5. The molecule has 114 valence electrons. The van der Waals surface area contributed by atoms with Crippen LogP contribution in [-0.2, 0) is 14.3 Å². The molecule has 1 aromatic rings. The van der Waals surface area contributed by atoms with Crippen molar-refractivity contribution in [2.24, 2.45) is 5.41 Å². The number of methoxy groups -OCH3 is 1. The molecule has 0 aliphatic carbocycles. The summed E-state index contributed by atoms with van der Waals surface area (Å²) in [7, 11) is 1.32.